The number of piperidine rings is 1. The number of aromatic nitrogens is 2. The molecule has 90 valence electrons. The zero-order valence-electron chi connectivity index (χ0n) is 9.10. The summed E-state index contributed by atoms with van der Waals surface area (Å²) in [6.07, 6.45) is 3.32. The standard InChI is InChI=1S/C10H16ClN3OS/c11-10-9(12-13-16-10)7-14-4-1-2-8(6-14)3-5-15/h8,15H,1-7H2. The Hall–Kier alpha value is -0.230. The summed E-state index contributed by atoms with van der Waals surface area (Å²) in [6.45, 7) is 3.21. The van der Waals surface area contributed by atoms with Crippen LogP contribution in [0.2, 0.25) is 4.34 Å². The fourth-order valence-corrected chi connectivity index (χ4v) is 2.83. The van der Waals surface area contributed by atoms with Crippen molar-refractivity contribution in [3.8, 4) is 0 Å². The molecule has 16 heavy (non-hydrogen) atoms. The summed E-state index contributed by atoms with van der Waals surface area (Å²) < 4.78 is 4.53. The summed E-state index contributed by atoms with van der Waals surface area (Å²) in [7, 11) is 0. The lowest BCUT2D eigenvalue weighted by Crippen LogP contribution is -2.35. The molecule has 1 N–H and O–H groups in total. The third-order valence-corrected chi connectivity index (χ3v) is 4.01. The number of likely N-dealkylation sites (tertiary alicyclic amines) is 1. The van der Waals surface area contributed by atoms with E-state index < -0.39 is 0 Å². The minimum Gasteiger partial charge on any atom is -0.396 e. The van der Waals surface area contributed by atoms with E-state index in [1.54, 1.807) is 0 Å². The number of aliphatic hydroxyl groups is 1. The molecule has 1 aliphatic rings. The molecule has 0 aromatic carbocycles. The van der Waals surface area contributed by atoms with Gasteiger partial charge in [0.2, 0.25) is 0 Å². The zero-order chi connectivity index (χ0) is 11.4. The highest BCUT2D eigenvalue weighted by molar-refractivity contribution is 7.10. The average molecular weight is 262 g/mol. The number of rotatable bonds is 4. The van der Waals surface area contributed by atoms with Crippen molar-refractivity contribution in [2.45, 2.75) is 25.8 Å². The summed E-state index contributed by atoms with van der Waals surface area (Å²) in [5.41, 5.74) is 0.885. The Morgan fingerprint density at radius 2 is 2.44 bits per heavy atom. The van der Waals surface area contributed by atoms with Crippen LogP contribution in [0, 0.1) is 5.92 Å². The van der Waals surface area contributed by atoms with Crippen LogP contribution in [0.1, 0.15) is 25.0 Å². The largest absolute Gasteiger partial charge is 0.396 e. The SMILES string of the molecule is OCCC1CCCN(Cc2nnsc2Cl)C1. The number of hydrogen-bond donors (Lipinski definition) is 1. The highest BCUT2D eigenvalue weighted by Gasteiger charge is 2.21. The molecule has 1 atom stereocenters. The van der Waals surface area contributed by atoms with E-state index in [0.29, 0.717) is 10.3 Å². The predicted octanol–water partition coefficient (Wildman–Crippen LogP) is 1.79. The van der Waals surface area contributed by atoms with E-state index in [0.717, 1.165) is 31.7 Å². The van der Waals surface area contributed by atoms with E-state index in [9.17, 15) is 0 Å². The first-order chi connectivity index (χ1) is 7.79. The first-order valence-electron chi connectivity index (χ1n) is 5.59. The van der Waals surface area contributed by atoms with Gasteiger partial charge in [-0.3, -0.25) is 4.90 Å². The third-order valence-electron chi connectivity index (χ3n) is 3.02. The van der Waals surface area contributed by atoms with Crippen LogP contribution in [0.15, 0.2) is 0 Å². The van der Waals surface area contributed by atoms with Crippen molar-refractivity contribution < 1.29 is 5.11 Å². The minimum atomic E-state index is 0.289. The van der Waals surface area contributed by atoms with Gasteiger partial charge in [-0.15, -0.1) is 5.10 Å². The fraction of sp³-hybridized carbons (Fsp3) is 0.800. The van der Waals surface area contributed by atoms with Gasteiger partial charge in [0, 0.05) is 31.2 Å². The van der Waals surface area contributed by atoms with Crippen molar-refractivity contribution in [3.05, 3.63) is 10.0 Å². The van der Waals surface area contributed by atoms with Crippen LogP contribution in [-0.2, 0) is 6.54 Å². The molecule has 0 amide bonds. The maximum atomic E-state index is 8.95. The molecule has 0 bridgehead atoms. The van der Waals surface area contributed by atoms with E-state index in [1.807, 2.05) is 0 Å². The van der Waals surface area contributed by atoms with Gasteiger partial charge in [0.1, 0.15) is 10.0 Å². The second-order valence-corrected chi connectivity index (χ2v) is 5.61. The second-order valence-electron chi connectivity index (χ2n) is 4.25. The Balaban J connectivity index is 1.88. The van der Waals surface area contributed by atoms with Crippen molar-refractivity contribution in [2.24, 2.45) is 5.92 Å². The fourth-order valence-electron chi connectivity index (χ4n) is 2.22. The molecule has 0 radical (unpaired) electrons. The normalized spacial score (nSPS) is 22.5. The molecule has 1 unspecified atom stereocenters. The summed E-state index contributed by atoms with van der Waals surface area (Å²) in [4.78, 5) is 2.35. The third kappa shape index (κ3) is 3.13. The summed E-state index contributed by atoms with van der Waals surface area (Å²) in [5.74, 6) is 0.615. The lowest BCUT2D eigenvalue weighted by Gasteiger charge is -2.31. The molecular weight excluding hydrogens is 246 g/mol. The number of aliphatic hydroxyl groups excluding tert-OH is 1. The van der Waals surface area contributed by atoms with Gasteiger partial charge in [0.25, 0.3) is 0 Å². The predicted molar refractivity (Wildman–Crippen MR) is 64.6 cm³/mol. The van der Waals surface area contributed by atoms with Gasteiger partial charge in [-0.25, -0.2) is 0 Å². The number of nitrogens with zero attached hydrogens (tertiary/aromatic N) is 3. The lowest BCUT2D eigenvalue weighted by molar-refractivity contribution is 0.141. The van der Waals surface area contributed by atoms with Crippen molar-refractivity contribution in [3.63, 3.8) is 0 Å². The highest BCUT2D eigenvalue weighted by Crippen LogP contribution is 2.23. The lowest BCUT2D eigenvalue weighted by atomic mass is 9.95. The molecule has 2 rings (SSSR count). The van der Waals surface area contributed by atoms with Crippen LogP contribution in [0.4, 0.5) is 0 Å². The van der Waals surface area contributed by atoms with Gasteiger partial charge in [0.05, 0.1) is 0 Å². The van der Waals surface area contributed by atoms with E-state index in [-0.39, 0.29) is 6.61 Å². The minimum absolute atomic E-state index is 0.289. The Morgan fingerprint density at radius 3 is 3.12 bits per heavy atom. The first kappa shape index (κ1) is 12.2. The molecular formula is C10H16ClN3OS. The second kappa shape index (κ2) is 5.91. The summed E-state index contributed by atoms with van der Waals surface area (Å²) in [5, 5.41) is 13.0. The molecule has 1 aromatic heterocycles. The molecule has 0 aliphatic carbocycles. The summed E-state index contributed by atoms with van der Waals surface area (Å²) in [6, 6.07) is 0. The van der Waals surface area contributed by atoms with Crippen molar-refractivity contribution >= 4 is 23.1 Å². The monoisotopic (exact) mass is 261 g/mol. The molecule has 1 aliphatic heterocycles. The Labute approximate surface area is 104 Å². The van der Waals surface area contributed by atoms with Gasteiger partial charge < -0.3 is 5.11 Å². The average Bonchev–Trinajstić information content (AvgIpc) is 2.66. The van der Waals surface area contributed by atoms with Crippen LogP contribution in [0.25, 0.3) is 0 Å². The van der Waals surface area contributed by atoms with Gasteiger partial charge >= 0.3 is 0 Å². The highest BCUT2D eigenvalue weighted by atomic mass is 35.5. The summed E-state index contributed by atoms with van der Waals surface area (Å²) >= 11 is 7.23. The number of hydrogen-bond acceptors (Lipinski definition) is 5. The Kier molecular flexibility index (Phi) is 4.52. The van der Waals surface area contributed by atoms with Crippen LogP contribution in [0.5, 0.6) is 0 Å². The molecule has 1 aromatic rings. The van der Waals surface area contributed by atoms with E-state index in [1.165, 1.54) is 24.4 Å². The van der Waals surface area contributed by atoms with Gasteiger partial charge in [-0.05, 0) is 31.7 Å². The molecule has 1 saturated heterocycles. The molecule has 4 nitrogen and oxygen atoms in total. The Bertz CT molecular complexity index is 332. The topological polar surface area (TPSA) is 49.2 Å². The van der Waals surface area contributed by atoms with E-state index in [4.69, 9.17) is 16.7 Å². The van der Waals surface area contributed by atoms with Crippen molar-refractivity contribution in [1.82, 2.24) is 14.5 Å². The van der Waals surface area contributed by atoms with Gasteiger partial charge in [-0.1, -0.05) is 16.1 Å². The maximum absolute atomic E-state index is 8.95. The molecule has 6 heteroatoms. The van der Waals surface area contributed by atoms with Crippen LogP contribution < -0.4 is 0 Å². The van der Waals surface area contributed by atoms with Crippen molar-refractivity contribution in [1.29, 1.82) is 0 Å². The first-order valence-corrected chi connectivity index (χ1v) is 6.74. The molecule has 0 saturated carbocycles. The van der Waals surface area contributed by atoms with Crippen LogP contribution in [0.3, 0.4) is 0 Å². The Morgan fingerprint density at radius 1 is 1.56 bits per heavy atom. The van der Waals surface area contributed by atoms with Gasteiger partial charge in [-0.2, -0.15) is 0 Å². The number of halogens is 1. The van der Waals surface area contributed by atoms with Crippen LogP contribution in [-0.4, -0.2) is 39.3 Å². The van der Waals surface area contributed by atoms with E-state index in [2.05, 4.69) is 14.5 Å². The molecule has 2 heterocycles. The van der Waals surface area contributed by atoms with Gasteiger partial charge in [0.15, 0.2) is 0 Å². The molecule has 0 spiro atoms. The molecule has 1 fully saturated rings. The van der Waals surface area contributed by atoms with Crippen molar-refractivity contribution in [2.75, 3.05) is 19.7 Å². The quantitative estimate of drug-likeness (QED) is 0.898. The maximum Gasteiger partial charge on any atom is 0.138 e. The zero-order valence-corrected chi connectivity index (χ0v) is 10.7. The van der Waals surface area contributed by atoms with Crippen LogP contribution >= 0.6 is 23.1 Å². The van der Waals surface area contributed by atoms with E-state index >= 15 is 0 Å². The smallest absolute Gasteiger partial charge is 0.138 e.